The number of carbonyl (C=O) groups is 4. The number of rotatable bonds is 15. The van der Waals surface area contributed by atoms with Gasteiger partial charge in [0.25, 0.3) is 0 Å². The fourth-order valence-electron chi connectivity index (χ4n) is 2.09. The first kappa shape index (κ1) is 24.6. The molecule has 0 heterocycles. The zero-order valence-corrected chi connectivity index (χ0v) is 16.8. The third-order valence-corrected chi connectivity index (χ3v) is 4.83. The monoisotopic (exact) mass is 408 g/mol. The van der Waals surface area contributed by atoms with Gasteiger partial charge in [0.1, 0.15) is 12.1 Å². The minimum atomic E-state index is -1.06. The van der Waals surface area contributed by atoms with E-state index in [-0.39, 0.29) is 24.7 Å². The lowest BCUT2D eigenvalue weighted by Crippen LogP contribution is -2.41. The number of carboxylic acids is 2. The molecule has 2 atom stereocenters. The number of hydrogen-bond acceptors (Lipinski definition) is 6. The second kappa shape index (κ2) is 14.7. The van der Waals surface area contributed by atoms with Crippen LogP contribution in [0.15, 0.2) is 0 Å². The molecule has 0 aromatic carbocycles. The van der Waals surface area contributed by atoms with Crippen molar-refractivity contribution in [1.29, 1.82) is 0 Å². The van der Waals surface area contributed by atoms with Crippen LogP contribution in [0.3, 0.4) is 0 Å². The van der Waals surface area contributed by atoms with Gasteiger partial charge in [-0.3, -0.25) is 9.59 Å². The third-order valence-electron chi connectivity index (χ3n) is 3.55. The van der Waals surface area contributed by atoms with Crippen molar-refractivity contribution >= 4 is 47.3 Å². The van der Waals surface area contributed by atoms with Crippen LogP contribution < -0.4 is 10.6 Å². The van der Waals surface area contributed by atoms with Gasteiger partial charge in [-0.15, -0.1) is 0 Å². The molecule has 0 unspecified atom stereocenters. The third kappa shape index (κ3) is 12.0. The average Bonchev–Trinajstić information content (AvgIpc) is 2.58. The van der Waals surface area contributed by atoms with Crippen molar-refractivity contribution in [3.8, 4) is 0 Å². The summed E-state index contributed by atoms with van der Waals surface area (Å²) in [6.45, 7) is 0. The summed E-state index contributed by atoms with van der Waals surface area (Å²) in [5, 5.41) is 23.1. The van der Waals surface area contributed by atoms with Gasteiger partial charge in [0, 0.05) is 12.8 Å². The number of thioether (sulfide) groups is 2. The molecule has 0 saturated heterocycles. The van der Waals surface area contributed by atoms with Crippen molar-refractivity contribution in [2.24, 2.45) is 0 Å². The normalized spacial score (nSPS) is 12.8. The summed E-state index contributed by atoms with van der Waals surface area (Å²) >= 11 is 3.02. The summed E-state index contributed by atoms with van der Waals surface area (Å²) in [6.07, 6.45) is 5.56. The molecule has 0 bridgehead atoms. The van der Waals surface area contributed by atoms with Gasteiger partial charge in [0.15, 0.2) is 0 Å². The Bertz CT molecular complexity index is 434. The van der Waals surface area contributed by atoms with Crippen molar-refractivity contribution in [3.63, 3.8) is 0 Å². The Kier molecular flexibility index (Phi) is 13.9. The molecule has 0 aromatic rings. The maximum Gasteiger partial charge on any atom is 0.326 e. The zero-order chi connectivity index (χ0) is 19.9. The minimum Gasteiger partial charge on any atom is -0.480 e. The molecule has 0 aliphatic carbocycles. The van der Waals surface area contributed by atoms with Crippen molar-refractivity contribution < 1.29 is 29.4 Å². The van der Waals surface area contributed by atoms with Gasteiger partial charge in [-0.25, -0.2) is 9.59 Å². The smallest absolute Gasteiger partial charge is 0.326 e. The van der Waals surface area contributed by atoms with Gasteiger partial charge >= 0.3 is 11.9 Å². The van der Waals surface area contributed by atoms with E-state index in [4.69, 9.17) is 10.2 Å². The fourth-order valence-corrected chi connectivity index (χ4v) is 3.03. The molecule has 0 fully saturated rings. The number of carbonyl (C=O) groups excluding carboxylic acids is 2. The largest absolute Gasteiger partial charge is 0.480 e. The number of carboxylic acid groups (broad SMARTS) is 2. The molecule has 0 radical (unpaired) electrons. The van der Waals surface area contributed by atoms with Crippen LogP contribution in [0.25, 0.3) is 0 Å². The van der Waals surface area contributed by atoms with Crippen LogP contribution in [0, 0.1) is 0 Å². The van der Waals surface area contributed by atoms with Gasteiger partial charge in [-0.1, -0.05) is 0 Å². The van der Waals surface area contributed by atoms with Crippen molar-refractivity contribution in [3.05, 3.63) is 0 Å². The summed E-state index contributed by atoms with van der Waals surface area (Å²) in [5.74, 6) is -1.56. The Morgan fingerprint density at radius 2 is 1.12 bits per heavy atom. The average molecular weight is 409 g/mol. The molecule has 26 heavy (non-hydrogen) atoms. The van der Waals surface area contributed by atoms with Crippen LogP contribution in [0.2, 0.25) is 0 Å². The predicted octanol–water partition coefficient (Wildman–Crippen LogP) is 1.19. The first-order valence-corrected chi connectivity index (χ1v) is 11.1. The SMILES string of the molecule is CSCC[C@@H](NC(=O)CCCCC(=O)N[C@H](CCSC)C(=O)O)C(=O)O. The Labute approximate surface area is 162 Å². The molecule has 4 N–H and O–H groups in total. The van der Waals surface area contributed by atoms with E-state index in [9.17, 15) is 19.2 Å². The van der Waals surface area contributed by atoms with Crippen LogP contribution >= 0.6 is 23.5 Å². The highest BCUT2D eigenvalue weighted by atomic mass is 32.2. The van der Waals surface area contributed by atoms with Gasteiger partial charge in [-0.05, 0) is 49.7 Å². The molecule has 0 saturated carbocycles. The van der Waals surface area contributed by atoms with Crippen LogP contribution in [-0.2, 0) is 19.2 Å². The van der Waals surface area contributed by atoms with Gasteiger partial charge < -0.3 is 20.8 Å². The fraction of sp³-hybridized carbons (Fsp3) is 0.750. The minimum absolute atomic E-state index is 0.130. The maximum atomic E-state index is 11.8. The van der Waals surface area contributed by atoms with Gasteiger partial charge in [0.05, 0.1) is 0 Å². The number of unbranched alkanes of at least 4 members (excludes halogenated alkanes) is 1. The lowest BCUT2D eigenvalue weighted by Gasteiger charge is -2.14. The molecule has 0 rings (SSSR count). The molecular weight excluding hydrogens is 380 g/mol. The molecule has 8 nitrogen and oxygen atoms in total. The molecule has 2 amide bonds. The predicted molar refractivity (Wildman–Crippen MR) is 104 cm³/mol. The summed E-state index contributed by atoms with van der Waals surface area (Å²) in [6, 6.07) is -1.79. The highest BCUT2D eigenvalue weighted by Crippen LogP contribution is 2.05. The first-order valence-electron chi connectivity index (χ1n) is 8.34. The quantitative estimate of drug-likeness (QED) is 0.297. The molecule has 0 aromatic heterocycles. The Balaban J connectivity index is 4.08. The second-order valence-electron chi connectivity index (χ2n) is 5.69. The number of amides is 2. The van der Waals surface area contributed by atoms with E-state index in [1.54, 1.807) is 0 Å². The van der Waals surface area contributed by atoms with E-state index in [2.05, 4.69) is 10.6 Å². The van der Waals surface area contributed by atoms with Gasteiger partial charge in [0.2, 0.25) is 11.8 Å². The van der Waals surface area contributed by atoms with Crippen LogP contribution in [0.1, 0.15) is 38.5 Å². The van der Waals surface area contributed by atoms with E-state index in [1.807, 2.05) is 12.5 Å². The van der Waals surface area contributed by atoms with E-state index in [0.717, 1.165) is 0 Å². The summed E-state index contributed by atoms with van der Waals surface area (Å²) in [4.78, 5) is 45.7. The Morgan fingerprint density at radius 3 is 1.38 bits per heavy atom. The molecule has 0 spiro atoms. The van der Waals surface area contributed by atoms with Crippen molar-refractivity contribution in [2.75, 3.05) is 24.0 Å². The zero-order valence-electron chi connectivity index (χ0n) is 15.2. The summed E-state index contributed by atoms with van der Waals surface area (Å²) in [7, 11) is 0. The number of hydrogen-bond donors (Lipinski definition) is 4. The summed E-state index contributed by atoms with van der Waals surface area (Å²) < 4.78 is 0. The van der Waals surface area contributed by atoms with Crippen molar-refractivity contribution in [1.82, 2.24) is 10.6 Å². The molecular formula is C16H28N2O6S2. The lowest BCUT2D eigenvalue weighted by atomic mass is 10.1. The van der Waals surface area contributed by atoms with E-state index < -0.39 is 24.0 Å². The summed E-state index contributed by atoms with van der Waals surface area (Å²) in [5.41, 5.74) is 0. The van der Waals surface area contributed by atoms with Crippen LogP contribution in [0.5, 0.6) is 0 Å². The van der Waals surface area contributed by atoms with Crippen LogP contribution in [0.4, 0.5) is 0 Å². The first-order chi connectivity index (χ1) is 12.3. The van der Waals surface area contributed by atoms with E-state index in [1.165, 1.54) is 23.5 Å². The standard InChI is InChI=1S/C16H28N2O6S2/c1-25-9-7-11(15(21)22)17-13(19)5-3-4-6-14(20)18-12(16(23)24)8-10-26-2/h11-12H,3-10H2,1-2H3,(H,17,19)(H,18,20)(H,21,22)(H,23,24)/t11-,12-/m1/s1. The second-order valence-corrected chi connectivity index (χ2v) is 7.66. The molecule has 0 aliphatic heterocycles. The maximum absolute atomic E-state index is 11.8. The van der Waals surface area contributed by atoms with Crippen LogP contribution in [-0.4, -0.2) is 70.1 Å². The Hall–Kier alpha value is -1.42. The number of aliphatic carboxylic acids is 2. The highest BCUT2D eigenvalue weighted by Gasteiger charge is 2.20. The van der Waals surface area contributed by atoms with Gasteiger partial charge in [-0.2, -0.15) is 23.5 Å². The lowest BCUT2D eigenvalue weighted by molar-refractivity contribution is -0.142. The highest BCUT2D eigenvalue weighted by molar-refractivity contribution is 7.98. The van der Waals surface area contributed by atoms with E-state index >= 15 is 0 Å². The van der Waals surface area contributed by atoms with E-state index in [0.29, 0.717) is 37.2 Å². The number of nitrogens with one attached hydrogen (secondary N) is 2. The molecule has 150 valence electrons. The topological polar surface area (TPSA) is 133 Å². The molecule has 10 heteroatoms. The molecule has 0 aliphatic rings. The van der Waals surface area contributed by atoms with Crippen molar-refractivity contribution in [2.45, 2.75) is 50.6 Å². The Morgan fingerprint density at radius 1 is 0.769 bits per heavy atom.